The lowest BCUT2D eigenvalue weighted by atomic mass is 10.2. The third-order valence-electron chi connectivity index (χ3n) is 2.85. The van der Waals surface area contributed by atoms with Crippen LogP contribution in [-0.4, -0.2) is 15.1 Å². The zero-order chi connectivity index (χ0) is 14.7. The molecule has 0 saturated heterocycles. The van der Waals surface area contributed by atoms with Crippen LogP contribution < -0.4 is 4.74 Å². The van der Waals surface area contributed by atoms with Crippen molar-refractivity contribution in [3.63, 3.8) is 0 Å². The smallest absolute Gasteiger partial charge is 0.264 e. The maximum Gasteiger partial charge on any atom is 0.264 e. The highest BCUT2D eigenvalue weighted by molar-refractivity contribution is 6.30. The molecular formula is C15H12ClN3O2. The van der Waals surface area contributed by atoms with Crippen molar-refractivity contribution in [2.24, 2.45) is 0 Å². The molecule has 0 amide bonds. The molecule has 2 heterocycles. The van der Waals surface area contributed by atoms with E-state index in [1.165, 1.54) is 0 Å². The maximum atomic E-state index is 5.90. The lowest BCUT2D eigenvalue weighted by molar-refractivity contribution is 0.242. The van der Waals surface area contributed by atoms with Crippen molar-refractivity contribution < 1.29 is 9.26 Å². The van der Waals surface area contributed by atoms with Gasteiger partial charge in [-0.2, -0.15) is 4.98 Å². The number of aromatic nitrogens is 3. The van der Waals surface area contributed by atoms with Gasteiger partial charge in [-0.05, 0) is 42.8 Å². The molecule has 3 rings (SSSR count). The van der Waals surface area contributed by atoms with E-state index in [1.807, 2.05) is 37.3 Å². The van der Waals surface area contributed by atoms with Crippen LogP contribution >= 0.6 is 11.6 Å². The van der Waals surface area contributed by atoms with Gasteiger partial charge in [0.2, 0.25) is 5.82 Å². The molecule has 0 spiro atoms. The van der Waals surface area contributed by atoms with Gasteiger partial charge in [-0.3, -0.25) is 4.98 Å². The first-order valence-corrected chi connectivity index (χ1v) is 6.73. The minimum absolute atomic E-state index is 0.197. The van der Waals surface area contributed by atoms with Crippen molar-refractivity contribution in [3.8, 4) is 17.3 Å². The van der Waals surface area contributed by atoms with Gasteiger partial charge < -0.3 is 9.26 Å². The summed E-state index contributed by atoms with van der Waals surface area (Å²) in [6, 6.07) is 10.9. The topological polar surface area (TPSA) is 61.0 Å². The van der Waals surface area contributed by atoms with Crippen LogP contribution in [0.2, 0.25) is 5.02 Å². The molecule has 1 aromatic carbocycles. The zero-order valence-corrected chi connectivity index (χ0v) is 12.0. The highest BCUT2D eigenvalue weighted by Gasteiger charge is 2.10. The Balaban J connectivity index is 1.70. The van der Waals surface area contributed by atoms with Crippen LogP contribution in [0.1, 0.15) is 11.5 Å². The Morgan fingerprint density at radius 2 is 2.14 bits per heavy atom. The Morgan fingerprint density at radius 1 is 1.24 bits per heavy atom. The predicted octanol–water partition coefficient (Wildman–Crippen LogP) is 3.67. The fourth-order valence-corrected chi connectivity index (χ4v) is 2.05. The minimum Gasteiger partial charge on any atom is -0.483 e. The third-order valence-corrected chi connectivity index (χ3v) is 3.09. The number of ether oxygens (including phenoxy) is 1. The highest BCUT2D eigenvalue weighted by Crippen LogP contribution is 2.22. The summed E-state index contributed by atoms with van der Waals surface area (Å²) in [6.07, 6.45) is 1.68. The van der Waals surface area contributed by atoms with E-state index in [0.717, 1.165) is 11.3 Å². The molecule has 5 nitrogen and oxygen atoms in total. The van der Waals surface area contributed by atoms with Gasteiger partial charge in [0.25, 0.3) is 5.89 Å². The molecule has 0 radical (unpaired) electrons. The maximum absolute atomic E-state index is 5.90. The van der Waals surface area contributed by atoms with Gasteiger partial charge in [0.05, 0.1) is 0 Å². The second-order valence-corrected chi connectivity index (χ2v) is 4.86. The molecule has 0 unspecified atom stereocenters. The standard InChI is InChI=1S/C15H12ClN3O2/c1-10-8-11(16)5-6-13(10)20-9-14-18-15(19-21-14)12-4-2-3-7-17-12/h2-8H,9H2,1H3. The van der Waals surface area contributed by atoms with Gasteiger partial charge in [-0.1, -0.05) is 22.8 Å². The molecule has 3 aromatic rings. The Hall–Kier alpha value is -2.40. The average molecular weight is 302 g/mol. The SMILES string of the molecule is Cc1cc(Cl)ccc1OCc1nc(-c2ccccn2)no1. The first-order valence-electron chi connectivity index (χ1n) is 6.35. The normalized spacial score (nSPS) is 10.6. The molecule has 0 saturated carbocycles. The molecule has 106 valence electrons. The van der Waals surface area contributed by atoms with Gasteiger partial charge in [0.1, 0.15) is 11.4 Å². The molecule has 6 heteroatoms. The van der Waals surface area contributed by atoms with Gasteiger partial charge >= 0.3 is 0 Å². The molecule has 0 aliphatic heterocycles. The van der Waals surface area contributed by atoms with Crippen molar-refractivity contribution in [2.75, 3.05) is 0 Å². The largest absolute Gasteiger partial charge is 0.483 e. The number of aryl methyl sites for hydroxylation is 1. The molecule has 0 bridgehead atoms. The fourth-order valence-electron chi connectivity index (χ4n) is 1.83. The lowest BCUT2D eigenvalue weighted by Gasteiger charge is -2.06. The monoisotopic (exact) mass is 301 g/mol. The number of pyridine rings is 1. The summed E-state index contributed by atoms with van der Waals surface area (Å²) in [7, 11) is 0. The van der Waals surface area contributed by atoms with Crippen LogP contribution in [-0.2, 0) is 6.61 Å². The molecule has 2 aromatic heterocycles. The number of benzene rings is 1. The zero-order valence-electron chi connectivity index (χ0n) is 11.3. The molecule has 21 heavy (non-hydrogen) atoms. The van der Waals surface area contributed by atoms with Crippen LogP contribution in [0.5, 0.6) is 5.75 Å². The van der Waals surface area contributed by atoms with E-state index in [1.54, 1.807) is 12.3 Å². The van der Waals surface area contributed by atoms with E-state index in [0.29, 0.717) is 22.4 Å². The van der Waals surface area contributed by atoms with Gasteiger partial charge in [0, 0.05) is 11.2 Å². The fraction of sp³-hybridized carbons (Fsp3) is 0.133. The summed E-state index contributed by atoms with van der Waals surface area (Å²) < 4.78 is 10.8. The number of hydrogen-bond acceptors (Lipinski definition) is 5. The second-order valence-electron chi connectivity index (χ2n) is 4.43. The van der Waals surface area contributed by atoms with Gasteiger partial charge in [-0.25, -0.2) is 0 Å². The number of rotatable bonds is 4. The second kappa shape index (κ2) is 5.93. The molecular weight excluding hydrogens is 290 g/mol. The van der Waals surface area contributed by atoms with Crippen LogP contribution in [0, 0.1) is 6.92 Å². The van der Waals surface area contributed by atoms with E-state index < -0.39 is 0 Å². The van der Waals surface area contributed by atoms with E-state index in [9.17, 15) is 0 Å². The summed E-state index contributed by atoms with van der Waals surface area (Å²) in [6.45, 7) is 2.12. The van der Waals surface area contributed by atoms with E-state index in [2.05, 4.69) is 15.1 Å². The van der Waals surface area contributed by atoms with E-state index in [4.69, 9.17) is 20.9 Å². The highest BCUT2D eigenvalue weighted by atomic mass is 35.5. The van der Waals surface area contributed by atoms with Crippen LogP contribution in [0.25, 0.3) is 11.5 Å². The summed E-state index contributed by atoms with van der Waals surface area (Å²) in [4.78, 5) is 8.42. The number of halogens is 1. The summed E-state index contributed by atoms with van der Waals surface area (Å²) in [5.74, 6) is 1.57. The first kappa shape index (κ1) is 13.6. The lowest BCUT2D eigenvalue weighted by Crippen LogP contribution is -1.97. The summed E-state index contributed by atoms with van der Waals surface area (Å²) >= 11 is 5.90. The molecule has 0 aliphatic carbocycles. The molecule has 0 aliphatic rings. The summed E-state index contributed by atoms with van der Waals surface area (Å²) in [5, 5.41) is 4.56. The van der Waals surface area contributed by atoms with Crippen LogP contribution in [0.3, 0.4) is 0 Å². The van der Waals surface area contributed by atoms with Crippen LogP contribution in [0.15, 0.2) is 47.1 Å². The number of hydrogen-bond donors (Lipinski definition) is 0. The van der Waals surface area contributed by atoms with Crippen molar-refractivity contribution in [1.29, 1.82) is 0 Å². The van der Waals surface area contributed by atoms with Crippen molar-refractivity contribution in [3.05, 3.63) is 59.1 Å². The molecule has 0 atom stereocenters. The summed E-state index contributed by atoms with van der Waals surface area (Å²) in [5.41, 5.74) is 1.61. The molecule has 0 N–H and O–H groups in total. The van der Waals surface area contributed by atoms with Gasteiger partial charge in [-0.15, -0.1) is 0 Å². The Labute approximate surface area is 126 Å². The minimum atomic E-state index is 0.197. The third kappa shape index (κ3) is 3.20. The first-order chi connectivity index (χ1) is 10.2. The Bertz CT molecular complexity index is 744. The van der Waals surface area contributed by atoms with Crippen molar-refractivity contribution in [1.82, 2.24) is 15.1 Å². The Kier molecular flexibility index (Phi) is 3.83. The van der Waals surface area contributed by atoms with Crippen molar-refractivity contribution in [2.45, 2.75) is 13.5 Å². The predicted molar refractivity (Wildman–Crippen MR) is 78.1 cm³/mol. The van der Waals surface area contributed by atoms with Crippen molar-refractivity contribution >= 4 is 11.6 Å². The quantitative estimate of drug-likeness (QED) is 0.735. The molecule has 0 fully saturated rings. The van der Waals surface area contributed by atoms with E-state index in [-0.39, 0.29) is 6.61 Å². The van der Waals surface area contributed by atoms with E-state index >= 15 is 0 Å². The average Bonchev–Trinajstić information content (AvgIpc) is 2.96. The Morgan fingerprint density at radius 3 is 2.90 bits per heavy atom. The van der Waals surface area contributed by atoms with Gasteiger partial charge in [0.15, 0.2) is 6.61 Å². The number of nitrogens with zero attached hydrogens (tertiary/aromatic N) is 3. The van der Waals surface area contributed by atoms with Crippen LogP contribution in [0.4, 0.5) is 0 Å².